The van der Waals surface area contributed by atoms with Crippen molar-refractivity contribution >= 4 is 50.5 Å². The first-order chi connectivity index (χ1) is 19.7. The fourth-order valence-corrected chi connectivity index (χ4v) is 5.38. The van der Waals surface area contributed by atoms with E-state index in [0.717, 1.165) is 4.31 Å². The molecular formula is C30H27ClN4O5S. The maximum absolute atomic E-state index is 13.5. The van der Waals surface area contributed by atoms with E-state index in [2.05, 4.69) is 15.8 Å². The second-order valence-electron chi connectivity index (χ2n) is 8.80. The first-order valence-electron chi connectivity index (χ1n) is 12.4. The number of sulfonamides is 1. The van der Waals surface area contributed by atoms with Crippen molar-refractivity contribution in [1.29, 1.82) is 0 Å². The van der Waals surface area contributed by atoms with Gasteiger partial charge in [0.2, 0.25) is 0 Å². The van der Waals surface area contributed by atoms with Gasteiger partial charge in [0.1, 0.15) is 12.3 Å². The Kier molecular flexibility index (Phi) is 9.38. The van der Waals surface area contributed by atoms with Crippen molar-refractivity contribution in [3.8, 4) is 5.75 Å². The van der Waals surface area contributed by atoms with Crippen LogP contribution in [0.3, 0.4) is 0 Å². The number of hydrogen-bond acceptors (Lipinski definition) is 6. The van der Waals surface area contributed by atoms with Crippen molar-refractivity contribution < 1.29 is 22.7 Å². The van der Waals surface area contributed by atoms with Crippen molar-refractivity contribution in [1.82, 2.24) is 5.43 Å². The molecule has 0 radical (unpaired) electrons. The lowest BCUT2D eigenvalue weighted by Crippen LogP contribution is -2.39. The van der Waals surface area contributed by atoms with E-state index in [1.54, 1.807) is 73.7 Å². The van der Waals surface area contributed by atoms with Gasteiger partial charge >= 0.3 is 0 Å². The molecule has 11 heteroatoms. The van der Waals surface area contributed by atoms with Gasteiger partial charge in [-0.15, -0.1) is 0 Å². The van der Waals surface area contributed by atoms with Gasteiger partial charge in [-0.2, -0.15) is 5.10 Å². The molecule has 4 aromatic carbocycles. The topological polar surface area (TPSA) is 117 Å². The normalized spacial score (nSPS) is 11.4. The summed E-state index contributed by atoms with van der Waals surface area (Å²) in [5.74, 6) is -0.398. The molecule has 210 valence electrons. The minimum atomic E-state index is -4.14. The van der Waals surface area contributed by atoms with Crippen LogP contribution in [0.15, 0.2) is 113 Å². The molecule has 0 saturated heterocycles. The van der Waals surface area contributed by atoms with E-state index in [-0.39, 0.29) is 16.5 Å². The molecule has 0 aliphatic carbocycles. The molecule has 0 bridgehead atoms. The third-order valence-electron chi connectivity index (χ3n) is 5.98. The summed E-state index contributed by atoms with van der Waals surface area (Å²) < 4.78 is 33.1. The molecule has 2 N–H and O–H groups in total. The minimum absolute atomic E-state index is 0.0230. The second-order valence-corrected chi connectivity index (χ2v) is 11.1. The average molecular weight is 591 g/mol. The van der Waals surface area contributed by atoms with Crippen LogP contribution in [-0.2, 0) is 14.8 Å². The van der Waals surface area contributed by atoms with Crippen LogP contribution < -0.4 is 19.8 Å². The van der Waals surface area contributed by atoms with E-state index in [1.165, 1.54) is 37.4 Å². The molecule has 0 heterocycles. The van der Waals surface area contributed by atoms with Crippen LogP contribution in [0.2, 0.25) is 5.02 Å². The Hall–Kier alpha value is -4.67. The second kappa shape index (κ2) is 13.1. The van der Waals surface area contributed by atoms with Crippen molar-refractivity contribution in [3.05, 3.63) is 119 Å². The molecule has 2 amide bonds. The lowest BCUT2D eigenvalue weighted by Gasteiger charge is -2.24. The Morgan fingerprint density at radius 2 is 1.56 bits per heavy atom. The molecule has 4 rings (SSSR count). The van der Waals surface area contributed by atoms with E-state index >= 15 is 0 Å². The third-order valence-corrected chi connectivity index (χ3v) is 8.00. The number of amides is 2. The molecule has 0 spiro atoms. The first kappa shape index (κ1) is 29.3. The fraction of sp³-hybridized carbons (Fsp3) is 0.100. The van der Waals surface area contributed by atoms with Gasteiger partial charge in [0.15, 0.2) is 0 Å². The zero-order chi connectivity index (χ0) is 29.4. The summed E-state index contributed by atoms with van der Waals surface area (Å²) in [4.78, 5) is 25.3. The number of carbonyl (C=O) groups is 2. The number of hydrazone groups is 1. The van der Waals surface area contributed by atoms with Crippen molar-refractivity contribution in [2.45, 2.75) is 11.8 Å². The van der Waals surface area contributed by atoms with Gasteiger partial charge in [-0.05, 0) is 79.2 Å². The highest BCUT2D eigenvalue weighted by molar-refractivity contribution is 7.92. The number of hydrogen-bond donors (Lipinski definition) is 2. The summed E-state index contributed by atoms with van der Waals surface area (Å²) in [6, 6.07) is 27.8. The highest BCUT2D eigenvalue weighted by atomic mass is 35.5. The zero-order valence-corrected chi connectivity index (χ0v) is 23.8. The molecule has 0 unspecified atom stereocenters. The third kappa shape index (κ3) is 7.50. The predicted molar refractivity (Wildman–Crippen MR) is 160 cm³/mol. The smallest absolute Gasteiger partial charge is 0.264 e. The van der Waals surface area contributed by atoms with Crippen molar-refractivity contribution in [2.75, 3.05) is 23.3 Å². The molecule has 4 aromatic rings. The number of benzene rings is 4. The quantitative estimate of drug-likeness (QED) is 0.191. The predicted octanol–water partition coefficient (Wildman–Crippen LogP) is 5.34. The van der Waals surface area contributed by atoms with Crippen LogP contribution in [0.1, 0.15) is 22.8 Å². The van der Waals surface area contributed by atoms with Gasteiger partial charge in [-0.3, -0.25) is 13.9 Å². The first-order valence-corrected chi connectivity index (χ1v) is 14.2. The summed E-state index contributed by atoms with van der Waals surface area (Å²) in [5.41, 5.74) is 4.96. The van der Waals surface area contributed by atoms with E-state index in [9.17, 15) is 18.0 Å². The van der Waals surface area contributed by atoms with E-state index in [4.69, 9.17) is 16.3 Å². The van der Waals surface area contributed by atoms with Gasteiger partial charge in [0.05, 0.1) is 23.4 Å². The number of nitrogens with zero attached hydrogens (tertiary/aromatic N) is 2. The lowest BCUT2D eigenvalue weighted by atomic mass is 10.1. The molecule has 0 aliphatic heterocycles. The minimum Gasteiger partial charge on any atom is -0.497 e. The van der Waals surface area contributed by atoms with Gasteiger partial charge in [0.25, 0.3) is 21.8 Å². The molecule has 0 aromatic heterocycles. The standard InChI is InChI=1S/C30H27ClN4O5S/c1-21(22-11-13-25(14-12-22)32-30(37)23-7-4-3-5-8-23)33-34-29(36)20-35(26-10-6-9-24(31)19-26)41(38,39)28-17-15-27(40-2)16-18-28/h3-19H,20H2,1-2H3,(H,32,37)(H,34,36)/b33-21-. The Balaban J connectivity index is 1.47. The lowest BCUT2D eigenvalue weighted by molar-refractivity contribution is -0.119. The monoisotopic (exact) mass is 590 g/mol. The molecule has 0 fully saturated rings. The summed E-state index contributed by atoms with van der Waals surface area (Å²) >= 11 is 6.12. The Morgan fingerprint density at radius 3 is 2.20 bits per heavy atom. The maximum Gasteiger partial charge on any atom is 0.264 e. The number of methoxy groups -OCH3 is 1. The molecule has 0 aliphatic rings. The van der Waals surface area contributed by atoms with Crippen LogP contribution in [0.25, 0.3) is 0 Å². The molecule has 0 atom stereocenters. The Labute approximate surface area is 243 Å². The van der Waals surface area contributed by atoms with E-state index in [0.29, 0.717) is 33.3 Å². The molecule has 0 saturated carbocycles. The number of rotatable bonds is 10. The number of halogens is 1. The van der Waals surface area contributed by atoms with Crippen LogP contribution in [-0.4, -0.2) is 39.6 Å². The van der Waals surface area contributed by atoms with E-state index < -0.39 is 22.5 Å². The Morgan fingerprint density at radius 1 is 0.878 bits per heavy atom. The number of carbonyl (C=O) groups excluding carboxylic acids is 2. The SMILES string of the molecule is COc1ccc(S(=O)(=O)N(CC(=O)N/N=C(/C)c2ccc(NC(=O)c3ccccc3)cc2)c2cccc(Cl)c2)cc1. The number of anilines is 2. The van der Waals surface area contributed by atoms with Crippen molar-refractivity contribution in [3.63, 3.8) is 0 Å². The van der Waals surface area contributed by atoms with Crippen molar-refractivity contribution in [2.24, 2.45) is 5.10 Å². The van der Waals surface area contributed by atoms with Gasteiger partial charge in [-0.1, -0.05) is 48.0 Å². The van der Waals surface area contributed by atoms with Crippen LogP contribution in [0.5, 0.6) is 5.75 Å². The summed E-state index contributed by atoms with van der Waals surface area (Å²) in [6.07, 6.45) is 0. The van der Waals surface area contributed by atoms with Crippen LogP contribution in [0, 0.1) is 0 Å². The number of ether oxygens (including phenoxy) is 1. The highest BCUT2D eigenvalue weighted by Gasteiger charge is 2.27. The highest BCUT2D eigenvalue weighted by Crippen LogP contribution is 2.27. The largest absolute Gasteiger partial charge is 0.497 e. The average Bonchev–Trinajstić information content (AvgIpc) is 2.99. The molecular weight excluding hydrogens is 564 g/mol. The molecule has 41 heavy (non-hydrogen) atoms. The van der Waals surface area contributed by atoms with Gasteiger partial charge in [-0.25, -0.2) is 13.8 Å². The number of nitrogens with one attached hydrogen (secondary N) is 2. The van der Waals surface area contributed by atoms with Crippen LogP contribution >= 0.6 is 11.6 Å². The maximum atomic E-state index is 13.5. The summed E-state index contributed by atoms with van der Waals surface area (Å²) in [5, 5.41) is 7.28. The Bertz CT molecular complexity index is 1660. The summed E-state index contributed by atoms with van der Waals surface area (Å²) in [6.45, 7) is 1.15. The summed E-state index contributed by atoms with van der Waals surface area (Å²) in [7, 11) is -2.66. The van der Waals surface area contributed by atoms with Crippen LogP contribution in [0.4, 0.5) is 11.4 Å². The van der Waals surface area contributed by atoms with Gasteiger partial charge < -0.3 is 10.1 Å². The fourth-order valence-electron chi connectivity index (χ4n) is 3.79. The van der Waals surface area contributed by atoms with E-state index in [1.807, 2.05) is 6.07 Å². The molecule has 9 nitrogen and oxygen atoms in total. The van der Waals surface area contributed by atoms with Gasteiger partial charge in [0, 0.05) is 16.3 Å². The zero-order valence-electron chi connectivity index (χ0n) is 22.2.